The zero-order valence-electron chi connectivity index (χ0n) is 13.4. The molecule has 1 saturated heterocycles. The molecule has 23 heavy (non-hydrogen) atoms. The maximum absolute atomic E-state index is 13.1. The highest BCUT2D eigenvalue weighted by Crippen LogP contribution is 2.26. The van der Waals surface area contributed by atoms with Gasteiger partial charge in [0, 0.05) is 37.6 Å². The lowest BCUT2D eigenvalue weighted by Gasteiger charge is -2.35. The molecule has 1 aromatic carbocycles. The molecule has 7 heteroatoms. The van der Waals surface area contributed by atoms with Gasteiger partial charge in [0.25, 0.3) is 0 Å². The van der Waals surface area contributed by atoms with E-state index < -0.39 is 5.82 Å². The summed E-state index contributed by atoms with van der Waals surface area (Å²) in [5.41, 5.74) is 8.73. The van der Waals surface area contributed by atoms with Crippen LogP contribution >= 0.6 is 0 Å². The molecule has 1 aliphatic rings. The first-order chi connectivity index (χ1) is 11.0. The summed E-state index contributed by atoms with van der Waals surface area (Å²) in [6, 6.07) is 6.11. The Balaban J connectivity index is 1.75. The first kappa shape index (κ1) is 15.5. The summed E-state index contributed by atoms with van der Waals surface area (Å²) in [5, 5.41) is 3.05. The van der Waals surface area contributed by atoms with Crippen LogP contribution in [0, 0.1) is 12.7 Å². The van der Waals surface area contributed by atoms with Crippen molar-refractivity contribution in [1.29, 1.82) is 0 Å². The van der Waals surface area contributed by atoms with Crippen molar-refractivity contribution in [1.82, 2.24) is 14.9 Å². The van der Waals surface area contributed by atoms with Crippen molar-refractivity contribution in [3.8, 4) is 0 Å². The summed E-state index contributed by atoms with van der Waals surface area (Å²) >= 11 is 0. The van der Waals surface area contributed by atoms with Gasteiger partial charge in [-0.2, -0.15) is 4.98 Å². The number of hydrogen-bond donors (Lipinski definition) is 2. The second-order valence-corrected chi connectivity index (χ2v) is 5.84. The molecule has 0 saturated carbocycles. The summed E-state index contributed by atoms with van der Waals surface area (Å²) in [4.78, 5) is 12.5. The summed E-state index contributed by atoms with van der Waals surface area (Å²) in [5.74, 6) is -0.485. The van der Waals surface area contributed by atoms with Crippen LogP contribution in [0.2, 0.25) is 0 Å². The molecular weight excluding hydrogens is 295 g/mol. The molecule has 1 fully saturated rings. The molecule has 122 valence electrons. The summed E-state index contributed by atoms with van der Waals surface area (Å²) in [6.07, 6.45) is 1.07. The van der Waals surface area contributed by atoms with E-state index in [2.05, 4.69) is 45.1 Å². The van der Waals surface area contributed by atoms with Crippen LogP contribution in [0.1, 0.15) is 5.56 Å². The third-order valence-corrected chi connectivity index (χ3v) is 4.07. The Labute approximate surface area is 135 Å². The van der Waals surface area contributed by atoms with Gasteiger partial charge in [0.05, 0.1) is 6.20 Å². The lowest BCUT2D eigenvalue weighted by Crippen LogP contribution is -2.44. The van der Waals surface area contributed by atoms with Crippen LogP contribution in [0.3, 0.4) is 0 Å². The number of nitrogens with one attached hydrogen (secondary N) is 1. The Kier molecular flexibility index (Phi) is 4.29. The van der Waals surface area contributed by atoms with E-state index in [1.807, 2.05) is 12.1 Å². The predicted molar refractivity (Wildman–Crippen MR) is 90.6 cm³/mol. The average Bonchev–Trinajstić information content (AvgIpc) is 2.52. The third-order valence-electron chi connectivity index (χ3n) is 4.07. The van der Waals surface area contributed by atoms with Gasteiger partial charge in [-0.1, -0.05) is 0 Å². The standard InChI is InChI=1S/C16H21FN6/c1-11-9-12(20-16-19-10-13(17)15(18)21-16)3-4-14(11)23-7-5-22(2)6-8-23/h3-4,9-10H,5-8H2,1-2H3,(H3,18,19,20,21). The zero-order chi connectivity index (χ0) is 16.4. The molecule has 2 aromatic rings. The van der Waals surface area contributed by atoms with Gasteiger partial charge in [-0.3, -0.25) is 0 Å². The van der Waals surface area contributed by atoms with Gasteiger partial charge in [0.2, 0.25) is 5.95 Å². The number of likely N-dealkylation sites (N-methyl/N-ethyl adjacent to an activating group) is 1. The second-order valence-electron chi connectivity index (χ2n) is 5.84. The molecular formula is C16H21FN6. The molecule has 6 nitrogen and oxygen atoms in total. The quantitative estimate of drug-likeness (QED) is 0.902. The fourth-order valence-corrected chi connectivity index (χ4v) is 2.71. The maximum atomic E-state index is 13.1. The molecule has 0 spiro atoms. The maximum Gasteiger partial charge on any atom is 0.229 e. The van der Waals surface area contributed by atoms with E-state index in [1.54, 1.807) is 0 Å². The topological polar surface area (TPSA) is 70.3 Å². The molecule has 2 heterocycles. The Morgan fingerprint density at radius 3 is 2.61 bits per heavy atom. The van der Waals surface area contributed by atoms with Gasteiger partial charge in [0.15, 0.2) is 11.6 Å². The minimum absolute atomic E-state index is 0.159. The molecule has 3 N–H and O–H groups in total. The minimum Gasteiger partial charge on any atom is -0.381 e. The number of nitrogens with two attached hydrogens (primary N) is 1. The Hall–Kier alpha value is -2.41. The Morgan fingerprint density at radius 2 is 1.96 bits per heavy atom. The summed E-state index contributed by atoms with van der Waals surface area (Å²) in [6.45, 7) is 6.28. The normalized spacial score (nSPS) is 15.7. The van der Waals surface area contributed by atoms with Crippen molar-refractivity contribution in [3.05, 3.63) is 35.8 Å². The molecule has 0 bridgehead atoms. The molecule has 0 atom stereocenters. The van der Waals surface area contributed by atoms with Crippen LogP contribution in [-0.2, 0) is 0 Å². The van der Waals surface area contributed by atoms with Crippen molar-refractivity contribution in [3.63, 3.8) is 0 Å². The van der Waals surface area contributed by atoms with Gasteiger partial charge in [-0.15, -0.1) is 0 Å². The highest BCUT2D eigenvalue weighted by molar-refractivity contribution is 5.64. The number of hydrogen-bond acceptors (Lipinski definition) is 6. The second kappa shape index (κ2) is 6.37. The van der Waals surface area contributed by atoms with Crippen molar-refractivity contribution in [2.24, 2.45) is 0 Å². The van der Waals surface area contributed by atoms with Gasteiger partial charge < -0.3 is 20.9 Å². The molecule has 1 aliphatic heterocycles. The molecule has 0 radical (unpaired) electrons. The number of halogens is 1. The predicted octanol–water partition coefficient (Wildman–Crippen LogP) is 2.00. The monoisotopic (exact) mass is 316 g/mol. The van der Waals surface area contributed by atoms with Gasteiger partial charge in [-0.25, -0.2) is 9.37 Å². The fourth-order valence-electron chi connectivity index (χ4n) is 2.71. The molecule has 0 aliphatic carbocycles. The largest absolute Gasteiger partial charge is 0.381 e. The number of aryl methyl sites for hydroxylation is 1. The molecule has 0 unspecified atom stereocenters. The SMILES string of the molecule is Cc1cc(Nc2ncc(F)c(N)n2)ccc1N1CCN(C)CC1. The van der Waals surface area contributed by atoms with E-state index in [0.717, 1.165) is 38.1 Å². The van der Waals surface area contributed by atoms with Crippen LogP contribution in [0.5, 0.6) is 0 Å². The van der Waals surface area contributed by atoms with Gasteiger partial charge >= 0.3 is 0 Å². The first-order valence-electron chi connectivity index (χ1n) is 7.62. The molecule has 0 amide bonds. The smallest absolute Gasteiger partial charge is 0.229 e. The van der Waals surface area contributed by atoms with E-state index in [4.69, 9.17) is 5.73 Å². The van der Waals surface area contributed by atoms with Crippen LogP contribution in [0.4, 0.5) is 27.5 Å². The van der Waals surface area contributed by atoms with E-state index in [-0.39, 0.29) is 11.8 Å². The van der Waals surface area contributed by atoms with E-state index in [1.165, 1.54) is 11.3 Å². The van der Waals surface area contributed by atoms with Crippen molar-refractivity contribution in [2.75, 3.05) is 49.2 Å². The number of piperazine rings is 1. The van der Waals surface area contributed by atoms with Crippen LogP contribution < -0.4 is 16.0 Å². The van der Waals surface area contributed by atoms with Crippen LogP contribution in [0.25, 0.3) is 0 Å². The van der Waals surface area contributed by atoms with E-state index >= 15 is 0 Å². The zero-order valence-corrected chi connectivity index (χ0v) is 13.4. The summed E-state index contributed by atoms with van der Waals surface area (Å²) < 4.78 is 13.1. The number of benzene rings is 1. The van der Waals surface area contributed by atoms with Gasteiger partial charge in [-0.05, 0) is 37.7 Å². The number of nitrogens with zero attached hydrogens (tertiary/aromatic N) is 4. The summed E-state index contributed by atoms with van der Waals surface area (Å²) in [7, 11) is 2.14. The minimum atomic E-state index is -0.614. The number of aromatic nitrogens is 2. The Morgan fingerprint density at radius 1 is 1.22 bits per heavy atom. The number of anilines is 4. The highest BCUT2D eigenvalue weighted by Gasteiger charge is 2.16. The lowest BCUT2D eigenvalue weighted by atomic mass is 10.1. The first-order valence-corrected chi connectivity index (χ1v) is 7.62. The van der Waals surface area contributed by atoms with Crippen molar-refractivity contribution < 1.29 is 4.39 Å². The molecule has 1 aromatic heterocycles. The third kappa shape index (κ3) is 3.50. The lowest BCUT2D eigenvalue weighted by molar-refractivity contribution is 0.312. The average molecular weight is 316 g/mol. The van der Waals surface area contributed by atoms with Gasteiger partial charge in [0.1, 0.15) is 0 Å². The molecule has 3 rings (SSSR count). The van der Waals surface area contributed by atoms with Crippen LogP contribution in [-0.4, -0.2) is 48.1 Å². The van der Waals surface area contributed by atoms with Crippen LogP contribution in [0.15, 0.2) is 24.4 Å². The van der Waals surface area contributed by atoms with Crippen molar-refractivity contribution in [2.45, 2.75) is 6.92 Å². The number of rotatable bonds is 3. The van der Waals surface area contributed by atoms with E-state index in [0.29, 0.717) is 0 Å². The van der Waals surface area contributed by atoms with Crippen molar-refractivity contribution >= 4 is 23.1 Å². The van der Waals surface area contributed by atoms with E-state index in [9.17, 15) is 4.39 Å². The Bertz CT molecular complexity index is 697. The highest BCUT2D eigenvalue weighted by atomic mass is 19.1. The fraction of sp³-hybridized carbons (Fsp3) is 0.375. The number of nitrogen functional groups attached to an aromatic ring is 1.